The maximum Gasteiger partial charge on any atom is 0.240 e. The van der Waals surface area contributed by atoms with Crippen molar-refractivity contribution in [2.45, 2.75) is 37.0 Å². The molecule has 144 valence electrons. The van der Waals surface area contributed by atoms with E-state index in [1.165, 1.54) is 18.4 Å². The molecule has 0 aromatic heterocycles. The van der Waals surface area contributed by atoms with E-state index >= 15 is 0 Å². The van der Waals surface area contributed by atoms with E-state index in [1.807, 2.05) is 25.1 Å². The molecular formula is C21H25NO4S. The van der Waals surface area contributed by atoms with Gasteiger partial charge in [-0.3, -0.25) is 0 Å². The molecule has 27 heavy (non-hydrogen) atoms. The summed E-state index contributed by atoms with van der Waals surface area (Å²) in [4.78, 5) is 0.315. The van der Waals surface area contributed by atoms with E-state index in [2.05, 4.69) is 16.9 Å². The lowest BCUT2D eigenvalue weighted by molar-refractivity contribution is 0.171. The molecule has 0 radical (unpaired) electrons. The molecule has 1 heterocycles. The highest BCUT2D eigenvalue weighted by Crippen LogP contribution is 2.46. The monoisotopic (exact) mass is 387 g/mol. The minimum Gasteiger partial charge on any atom is -0.486 e. The SMILES string of the molecule is Cc1ccc(S(=O)(=O)NCCC(c2ccc3c(c2)OCCO3)C2CC2)cc1. The Morgan fingerprint density at radius 3 is 2.44 bits per heavy atom. The average Bonchev–Trinajstić information content (AvgIpc) is 3.50. The normalized spacial score (nSPS) is 17.5. The molecule has 5 nitrogen and oxygen atoms in total. The molecule has 0 spiro atoms. The number of hydrogen-bond acceptors (Lipinski definition) is 4. The Hall–Kier alpha value is -2.05. The zero-order valence-corrected chi connectivity index (χ0v) is 16.3. The van der Waals surface area contributed by atoms with Gasteiger partial charge in [-0.2, -0.15) is 0 Å². The Labute approximate surface area is 160 Å². The van der Waals surface area contributed by atoms with E-state index in [-0.39, 0.29) is 0 Å². The van der Waals surface area contributed by atoms with Gasteiger partial charge < -0.3 is 9.47 Å². The van der Waals surface area contributed by atoms with Crippen LogP contribution in [-0.4, -0.2) is 28.2 Å². The van der Waals surface area contributed by atoms with Crippen molar-refractivity contribution < 1.29 is 17.9 Å². The third-order valence-corrected chi connectivity index (χ3v) is 6.74. The van der Waals surface area contributed by atoms with Crippen LogP contribution in [-0.2, 0) is 10.0 Å². The zero-order chi connectivity index (χ0) is 18.9. The summed E-state index contributed by atoms with van der Waals surface area (Å²) in [5.41, 5.74) is 2.25. The lowest BCUT2D eigenvalue weighted by Crippen LogP contribution is -2.26. The van der Waals surface area contributed by atoms with E-state index in [0.29, 0.717) is 36.5 Å². The van der Waals surface area contributed by atoms with Crippen molar-refractivity contribution in [1.82, 2.24) is 4.72 Å². The smallest absolute Gasteiger partial charge is 0.240 e. The van der Waals surface area contributed by atoms with Gasteiger partial charge in [0.2, 0.25) is 10.0 Å². The molecule has 1 fully saturated rings. The molecule has 0 amide bonds. The first-order valence-electron chi connectivity index (χ1n) is 9.49. The maximum atomic E-state index is 12.5. The molecule has 1 saturated carbocycles. The van der Waals surface area contributed by atoms with Crippen LogP contribution in [0.15, 0.2) is 47.4 Å². The average molecular weight is 388 g/mol. The van der Waals surface area contributed by atoms with Gasteiger partial charge in [0.25, 0.3) is 0 Å². The van der Waals surface area contributed by atoms with Crippen molar-refractivity contribution in [3.05, 3.63) is 53.6 Å². The first-order chi connectivity index (χ1) is 13.0. The van der Waals surface area contributed by atoms with Crippen LogP contribution in [0, 0.1) is 12.8 Å². The second kappa shape index (κ2) is 7.52. The first-order valence-corrected chi connectivity index (χ1v) is 11.0. The van der Waals surface area contributed by atoms with Crippen molar-refractivity contribution in [3.63, 3.8) is 0 Å². The van der Waals surface area contributed by atoms with Gasteiger partial charge >= 0.3 is 0 Å². The van der Waals surface area contributed by atoms with Crippen LogP contribution in [0.25, 0.3) is 0 Å². The van der Waals surface area contributed by atoms with E-state index in [0.717, 1.165) is 23.5 Å². The number of ether oxygens (including phenoxy) is 2. The molecule has 4 rings (SSSR count). The van der Waals surface area contributed by atoms with Crippen LogP contribution in [0.3, 0.4) is 0 Å². The van der Waals surface area contributed by atoms with Crippen LogP contribution in [0.4, 0.5) is 0 Å². The molecule has 2 aromatic rings. The number of hydrogen-bond donors (Lipinski definition) is 1. The van der Waals surface area contributed by atoms with Gasteiger partial charge in [-0.05, 0) is 67.9 Å². The molecule has 1 atom stereocenters. The largest absolute Gasteiger partial charge is 0.486 e. The van der Waals surface area contributed by atoms with Gasteiger partial charge in [0.05, 0.1) is 4.90 Å². The van der Waals surface area contributed by atoms with Crippen LogP contribution < -0.4 is 14.2 Å². The van der Waals surface area contributed by atoms with Gasteiger partial charge in [0.15, 0.2) is 11.5 Å². The fourth-order valence-electron chi connectivity index (χ4n) is 3.61. The molecule has 1 unspecified atom stereocenters. The Morgan fingerprint density at radius 1 is 1.04 bits per heavy atom. The predicted octanol–water partition coefficient (Wildman–Crippen LogP) is 3.63. The van der Waals surface area contributed by atoms with Gasteiger partial charge in [-0.1, -0.05) is 23.8 Å². The van der Waals surface area contributed by atoms with E-state index < -0.39 is 10.0 Å². The van der Waals surface area contributed by atoms with Crippen molar-refractivity contribution in [2.75, 3.05) is 19.8 Å². The summed E-state index contributed by atoms with van der Waals surface area (Å²) < 4.78 is 39.0. The third-order valence-electron chi connectivity index (χ3n) is 5.26. The van der Waals surface area contributed by atoms with Gasteiger partial charge in [-0.15, -0.1) is 0 Å². The minimum absolute atomic E-state index is 0.315. The topological polar surface area (TPSA) is 64.6 Å². The summed E-state index contributed by atoms with van der Waals surface area (Å²) in [6.45, 7) is 3.52. The van der Waals surface area contributed by atoms with Crippen molar-refractivity contribution in [2.24, 2.45) is 5.92 Å². The van der Waals surface area contributed by atoms with Crippen molar-refractivity contribution in [3.8, 4) is 11.5 Å². The quantitative estimate of drug-likeness (QED) is 0.788. The van der Waals surface area contributed by atoms with Crippen molar-refractivity contribution >= 4 is 10.0 Å². The van der Waals surface area contributed by atoms with Gasteiger partial charge in [0, 0.05) is 6.54 Å². The number of aryl methyl sites for hydroxylation is 1. The number of rotatable bonds is 7. The highest BCUT2D eigenvalue weighted by Gasteiger charge is 2.33. The molecular weight excluding hydrogens is 362 g/mol. The molecule has 1 N–H and O–H groups in total. The van der Waals surface area contributed by atoms with Crippen molar-refractivity contribution in [1.29, 1.82) is 0 Å². The molecule has 2 aliphatic rings. The molecule has 0 saturated heterocycles. The number of sulfonamides is 1. The summed E-state index contributed by atoms with van der Waals surface area (Å²) in [6, 6.07) is 13.0. The number of benzene rings is 2. The summed E-state index contributed by atoms with van der Waals surface area (Å²) in [5, 5.41) is 0. The number of fused-ring (bicyclic) bond motifs is 1. The molecule has 2 aromatic carbocycles. The van der Waals surface area contributed by atoms with Crippen LogP contribution in [0.1, 0.15) is 36.3 Å². The minimum atomic E-state index is -3.47. The third kappa shape index (κ3) is 4.28. The standard InChI is InChI=1S/C21H25NO4S/c1-15-2-7-18(8-3-15)27(23,24)22-11-10-19(16-4-5-16)17-6-9-20-21(14-17)26-13-12-25-20/h2-3,6-9,14,16,19,22H,4-5,10-13H2,1H3. The molecule has 0 bridgehead atoms. The Kier molecular flexibility index (Phi) is 5.10. The Morgan fingerprint density at radius 2 is 1.74 bits per heavy atom. The zero-order valence-electron chi connectivity index (χ0n) is 15.5. The highest BCUT2D eigenvalue weighted by molar-refractivity contribution is 7.89. The number of nitrogens with one attached hydrogen (secondary N) is 1. The van der Waals surface area contributed by atoms with E-state index in [9.17, 15) is 8.42 Å². The van der Waals surface area contributed by atoms with Gasteiger partial charge in [0.1, 0.15) is 13.2 Å². The first kappa shape index (κ1) is 18.3. The molecule has 1 aliphatic heterocycles. The van der Waals surface area contributed by atoms with Crippen LogP contribution in [0.5, 0.6) is 11.5 Å². The molecule has 6 heteroatoms. The summed E-state index contributed by atoms with van der Waals surface area (Å²) in [5.74, 6) is 2.54. The maximum absolute atomic E-state index is 12.5. The fraction of sp³-hybridized carbons (Fsp3) is 0.429. The van der Waals surface area contributed by atoms with Crippen LogP contribution in [0.2, 0.25) is 0 Å². The van der Waals surface area contributed by atoms with E-state index in [4.69, 9.17) is 9.47 Å². The Balaban J connectivity index is 1.43. The fourth-order valence-corrected chi connectivity index (χ4v) is 4.66. The second-order valence-electron chi connectivity index (χ2n) is 7.35. The van der Waals surface area contributed by atoms with Crippen LogP contribution >= 0.6 is 0 Å². The predicted molar refractivity (Wildman–Crippen MR) is 104 cm³/mol. The lowest BCUT2D eigenvalue weighted by Gasteiger charge is -2.22. The second-order valence-corrected chi connectivity index (χ2v) is 9.11. The highest BCUT2D eigenvalue weighted by atomic mass is 32.2. The van der Waals surface area contributed by atoms with E-state index in [1.54, 1.807) is 12.1 Å². The summed E-state index contributed by atoms with van der Waals surface area (Å²) in [7, 11) is -3.47. The summed E-state index contributed by atoms with van der Waals surface area (Å²) in [6.07, 6.45) is 3.17. The Bertz CT molecular complexity index is 904. The summed E-state index contributed by atoms with van der Waals surface area (Å²) >= 11 is 0. The van der Waals surface area contributed by atoms with Gasteiger partial charge in [-0.25, -0.2) is 13.1 Å². The molecule has 1 aliphatic carbocycles. The lowest BCUT2D eigenvalue weighted by atomic mass is 9.91.